The first-order valence-corrected chi connectivity index (χ1v) is 6.10. The van der Waals surface area contributed by atoms with Gasteiger partial charge >= 0.3 is 0 Å². The molecular formula is C11H19ClO4. The van der Waals surface area contributed by atoms with E-state index in [1.807, 2.05) is 27.7 Å². The molecule has 0 unspecified atom stereocenters. The van der Waals surface area contributed by atoms with Crippen molar-refractivity contribution in [3.63, 3.8) is 0 Å². The Morgan fingerprint density at radius 2 is 1.75 bits per heavy atom. The number of hydrogen-bond acceptors (Lipinski definition) is 4. The first kappa shape index (κ1) is 12.6. The van der Waals surface area contributed by atoms with Crippen molar-refractivity contribution in [2.75, 3.05) is 12.5 Å². The largest absolute Gasteiger partial charge is 0.348 e. The zero-order valence-electron chi connectivity index (χ0n) is 10.2. The molecule has 2 heterocycles. The molecule has 0 saturated carbocycles. The fourth-order valence-corrected chi connectivity index (χ4v) is 2.41. The van der Waals surface area contributed by atoms with Crippen LogP contribution in [0.15, 0.2) is 0 Å². The predicted octanol–water partition coefficient (Wildman–Crippen LogP) is 1.90. The number of halogens is 1. The molecule has 5 heteroatoms. The van der Waals surface area contributed by atoms with Crippen molar-refractivity contribution in [2.24, 2.45) is 0 Å². The molecule has 3 atom stereocenters. The normalized spacial score (nSPS) is 41.4. The maximum atomic E-state index is 5.88. The van der Waals surface area contributed by atoms with Gasteiger partial charge in [0.15, 0.2) is 11.6 Å². The predicted molar refractivity (Wildman–Crippen MR) is 59.4 cm³/mol. The van der Waals surface area contributed by atoms with Crippen molar-refractivity contribution in [3.05, 3.63) is 0 Å². The molecule has 0 bridgehead atoms. The van der Waals surface area contributed by atoms with E-state index >= 15 is 0 Å². The number of ether oxygens (including phenoxy) is 4. The molecule has 2 rings (SSSR count). The molecule has 16 heavy (non-hydrogen) atoms. The maximum Gasteiger partial charge on any atom is 0.163 e. The van der Waals surface area contributed by atoms with Gasteiger partial charge in [-0.2, -0.15) is 0 Å². The topological polar surface area (TPSA) is 36.9 Å². The fourth-order valence-electron chi connectivity index (χ4n) is 2.17. The van der Waals surface area contributed by atoms with Gasteiger partial charge in [-0.3, -0.25) is 0 Å². The summed E-state index contributed by atoms with van der Waals surface area (Å²) in [6.45, 7) is 8.07. The van der Waals surface area contributed by atoms with Crippen molar-refractivity contribution in [1.82, 2.24) is 0 Å². The highest BCUT2D eigenvalue weighted by atomic mass is 35.5. The quantitative estimate of drug-likeness (QED) is 0.702. The lowest BCUT2D eigenvalue weighted by atomic mass is 10.1. The summed E-state index contributed by atoms with van der Waals surface area (Å²) in [7, 11) is 0. The average Bonchev–Trinajstić information content (AvgIpc) is 2.65. The van der Waals surface area contributed by atoms with Crippen molar-refractivity contribution < 1.29 is 18.9 Å². The molecule has 4 nitrogen and oxygen atoms in total. The number of rotatable bonds is 2. The molecule has 94 valence electrons. The molecule has 2 saturated heterocycles. The lowest BCUT2D eigenvalue weighted by Crippen LogP contribution is -2.39. The Bertz CT molecular complexity index is 267. The highest BCUT2D eigenvalue weighted by Gasteiger charge is 2.49. The van der Waals surface area contributed by atoms with Gasteiger partial charge in [0.1, 0.15) is 18.3 Å². The van der Waals surface area contributed by atoms with Gasteiger partial charge in [-0.1, -0.05) is 0 Å². The third-order valence-corrected chi connectivity index (χ3v) is 3.07. The van der Waals surface area contributed by atoms with Crippen LogP contribution in [0.25, 0.3) is 0 Å². The molecular weight excluding hydrogens is 232 g/mol. The van der Waals surface area contributed by atoms with Gasteiger partial charge in [0.25, 0.3) is 0 Å². The van der Waals surface area contributed by atoms with Gasteiger partial charge in [-0.25, -0.2) is 0 Å². The van der Waals surface area contributed by atoms with Crippen molar-refractivity contribution in [2.45, 2.75) is 57.6 Å². The van der Waals surface area contributed by atoms with Gasteiger partial charge < -0.3 is 18.9 Å². The van der Waals surface area contributed by atoms with E-state index in [2.05, 4.69) is 0 Å². The Balaban J connectivity index is 2.04. The van der Waals surface area contributed by atoms with Crippen molar-refractivity contribution >= 4 is 11.6 Å². The van der Waals surface area contributed by atoms with Crippen LogP contribution >= 0.6 is 11.6 Å². The second kappa shape index (κ2) is 4.10. The molecule has 0 N–H and O–H groups in total. The second-order valence-corrected chi connectivity index (χ2v) is 5.47. The fraction of sp³-hybridized carbons (Fsp3) is 1.00. The van der Waals surface area contributed by atoms with Crippen LogP contribution in [-0.4, -0.2) is 42.4 Å². The summed E-state index contributed by atoms with van der Waals surface area (Å²) in [5.74, 6) is -0.744. The van der Waals surface area contributed by atoms with Crippen LogP contribution in [0.4, 0.5) is 0 Å². The van der Waals surface area contributed by atoms with E-state index in [0.29, 0.717) is 12.5 Å². The summed E-state index contributed by atoms with van der Waals surface area (Å²) in [5.41, 5.74) is 0. The molecule has 0 spiro atoms. The number of hydrogen-bond donors (Lipinski definition) is 0. The SMILES string of the molecule is CC1(C)OC[C@H]([C@H]2OC(C)(C)O[C@@H]2CCl)O1. The molecule has 0 amide bonds. The summed E-state index contributed by atoms with van der Waals surface area (Å²) in [6.07, 6.45) is -0.408. The van der Waals surface area contributed by atoms with Gasteiger partial charge in [0, 0.05) is 0 Å². The molecule has 0 aromatic heterocycles. The molecule has 2 aliphatic rings. The van der Waals surface area contributed by atoms with Crippen LogP contribution in [0.3, 0.4) is 0 Å². The summed E-state index contributed by atoms with van der Waals surface area (Å²) in [5, 5.41) is 0. The van der Waals surface area contributed by atoms with Crippen LogP contribution in [0, 0.1) is 0 Å². The summed E-state index contributed by atoms with van der Waals surface area (Å²) in [6, 6.07) is 0. The molecule has 0 aromatic carbocycles. The monoisotopic (exact) mass is 250 g/mol. The van der Waals surface area contributed by atoms with Crippen LogP contribution in [0.2, 0.25) is 0 Å². The lowest BCUT2D eigenvalue weighted by molar-refractivity contribution is -0.174. The first-order valence-electron chi connectivity index (χ1n) is 5.56. The van der Waals surface area contributed by atoms with E-state index < -0.39 is 11.6 Å². The third-order valence-electron chi connectivity index (χ3n) is 2.77. The first-order chi connectivity index (χ1) is 7.33. The zero-order valence-corrected chi connectivity index (χ0v) is 10.9. The standard InChI is InChI=1S/C11H19ClO4/c1-10(2)13-6-8(15-10)9-7(5-12)14-11(3,4)16-9/h7-9H,5-6H2,1-4H3/t7-,8-,9+/m1/s1. The molecule has 0 aromatic rings. The Morgan fingerprint density at radius 1 is 1.06 bits per heavy atom. The van der Waals surface area contributed by atoms with E-state index in [1.165, 1.54) is 0 Å². The summed E-state index contributed by atoms with van der Waals surface area (Å²) >= 11 is 5.88. The molecule has 0 radical (unpaired) electrons. The Kier molecular flexibility index (Phi) is 3.23. The van der Waals surface area contributed by atoms with E-state index in [1.54, 1.807) is 0 Å². The minimum Gasteiger partial charge on any atom is -0.348 e. The highest BCUT2D eigenvalue weighted by molar-refractivity contribution is 6.18. The maximum absolute atomic E-state index is 5.88. The van der Waals surface area contributed by atoms with Crippen LogP contribution in [0.5, 0.6) is 0 Å². The van der Waals surface area contributed by atoms with Crippen LogP contribution in [0.1, 0.15) is 27.7 Å². The van der Waals surface area contributed by atoms with E-state index in [-0.39, 0.29) is 18.3 Å². The van der Waals surface area contributed by atoms with Crippen LogP contribution in [-0.2, 0) is 18.9 Å². The summed E-state index contributed by atoms with van der Waals surface area (Å²) in [4.78, 5) is 0. The minimum atomic E-state index is -0.597. The molecule has 2 aliphatic heterocycles. The molecule has 0 aliphatic carbocycles. The van der Waals surface area contributed by atoms with E-state index in [0.717, 1.165) is 0 Å². The minimum absolute atomic E-state index is 0.111. The van der Waals surface area contributed by atoms with Crippen molar-refractivity contribution in [1.29, 1.82) is 0 Å². The third kappa shape index (κ3) is 2.51. The Labute approximate surface area is 101 Å². The lowest BCUT2D eigenvalue weighted by Gasteiger charge is -2.23. The van der Waals surface area contributed by atoms with E-state index in [4.69, 9.17) is 30.5 Å². The second-order valence-electron chi connectivity index (χ2n) is 5.16. The summed E-state index contributed by atoms with van der Waals surface area (Å²) < 4.78 is 22.8. The Morgan fingerprint density at radius 3 is 2.25 bits per heavy atom. The van der Waals surface area contributed by atoms with Gasteiger partial charge in [0.2, 0.25) is 0 Å². The van der Waals surface area contributed by atoms with Crippen LogP contribution < -0.4 is 0 Å². The van der Waals surface area contributed by atoms with Gasteiger partial charge in [0.05, 0.1) is 12.5 Å². The van der Waals surface area contributed by atoms with Gasteiger partial charge in [-0.15, -0.1) is 11.6 Å². The zero-order chi connectivity index (χ0) is 12.0. The smallest absolute Gasteiger partial charge is 0.163 e. The van der Waals surface area contributed by atoms with Gasteiger partial charge in [-0.05, 0) is 27.7 Å². The van der Waals surface area contributed by atoms with Crippen molar-refractivity contribution in [3.8, 4) is 0 Å². The Hall–Kier alpha value is 0.130. The average molecular weight is 251 g/mol. The number of alkyl halides is 1. The van der Waals surface area contributed by atoms with E-state index in [9.17, 15) is 0 Å². The highest BCUT2D eigenvalue weighted by Crippen LogP contribution is 2.35. The molecule has 2 fully saturated rings.